The van der Waals surface area contributed by atoms with Crippen LogP contribution in [0.3, 0.4) is 0 Å². The van der Waals surface area contributed by atoms with Crippen LogP contribution >= 0.6 is 39.1 Å². The van der Waals surface area contributed by atoms with Crippen molar-refractivity contribution in [1.82, 2.24) is 5.43 Å². The fraction of sp³-hybridized carbons (Fsp3) is 0.130. The highest BCUT2D eigenvalue weighted by atomic mass is 79.9. The Morgan fingerprint density at radius 3 is 2.55 bits per heavy atom. The summed E-state index contributed by atoms with van der Waals surface area (Å²) in [6, 6.07) is 17.9. The lowest BCUT2D eigenvalue weighted by Crippen LogP contribution is -2.18. The summed E-state index contributed by atoms with van der Waals surface area (Å²) >= 11 is 15.7. The van der Waals surface area contributed by atoms with Gasteiger partial charge in [-0.05, 0) is 70.4 Å². The molecule has 0 aliphatic carbocycles. The highest BCUT2D eigenvalue weighted by Crippen LogP contribution is 2.37. The second kappa shape index (κ2) is 11.2. The van der Waals surface area contributed by atoms with Crippen molar-refractivity contribution in [3.63, 3.8) is 0 Å². The Labute approximate surface area is 199 Å². The van der Waals surface area contributed by atoms with Gasteiger partial charge in [0.25, 0.3) is 5.91 Å². The van der Waals surface area contributed by atoms with Crippen molar-refractivity contribution in [2.75, 3.05) is 6.61 Å². The van der Waals surface area contributed by atoms with Gasteiger partial charge in [0.1, 0.15) is 6.61 Å². The minimum absolute atomic E-state index is 0.312. The number of benzene rings is 3. The minimum Gasteiger partial charge on any atom is -0.490 e. The van der Waals surface area contributed by atoms with Gasteiger partial charge < -0.3 is 9.47 Å². The van der Waals surface area contributed by atoms with E-state index in [0.29, 0.717) is 50.4 Å². The molecule has 0 radical (unpaired) electrons. The Bertz CT molecular complexity index is 1090. The molecule has 3 aromatic rings. The standard InChI is InChI=1S/C23H19BrCl2N2O3/c1-2-30-21-12-16(13-27-28-23(29)18-5-3-4-6-19(18)24)11-20(26)22(21)31-14-15-7-9-17(25)10-8-15/h3-13H,2,14H2,1H3,(H,28,29)/b27-13-. The third-order valence-electron chi connectivity index (χ3n) is 4.13. The van der Waals surface area contributed by atoms with Crippen LogP contribution in [-0.4, -0.2) is 18.7 Å². The van der Waals surface area contributed by atoms with Gasteiger partial charge in [-0.1, -0.05) is 47.5 Å². The number of hydrazone groups is 1. The first-order valence-corrected chi connectivity index (χ1v) is 10.9. The zero-order valence-electron chi connectivity index (χ0n) is 16.6. The Morgan fingerprint density at radius 1 is 1.10 bits per heavy atom. The van der Waals surface area contributed by atoms with Crippen LogP contribution in [0.5, 0.6) is 11.5 Å². The molecule has 0 heterocycles. The topological polar surface area (TPSA) is 59.9 Å². The maximum absolute atomic E-state index is 12.3. The Hall–Kier alpha value is -2.54. The van der Waals surface area contributed by atoms with Gasteiger partial charge in [-0.2, -0.15) is 5.10 Å². The molecule has 0 aliphatic heterocycles. The summed E-state index contributed by atoms with van der Waals surface area (Å²) in [6.45, 7) is 2.62. The van der Waals surface area contributed by atoms with E-state index in [9.17, 15) is 4.79 Å². The molecule has 3 aromatic carbocycles. The first kappa shape index (κ1) is 23.1. The predicted molar refractivity (Wildman–Crippen MR) is 128 cm³/mol. The molecule has 0 unspecified atom stereocenters. The van der Waals surface area contributed by atoms with E-state index in [1.165, 1.54) is 6.21 Å². The molecule has 1 N–H and O–H groups in total. The first-order valence-electron chi connectivity index (χ1n) is 9.39. The van der Waals surface area contributed by atoms with Gasteiger partial charge in [-0.25, -0.2) is 5.43 Å². The summed E-state index contributed by atoms with van der Waals surface area (Å²) in [7, 11) is 0. The number of carbonyl (C=O) groups is 1. The van der Waals surface area contributed by atoms with Gasteiger partial charge in [0, 0.05) is 9.50 Å². The lowest BCUT2D eigenvalue weighted by Gasteiger charge is -2.14. The molecule has 0 bridgehead atoms. The second-order valence-corrected chi connectivity index (χ2v) is 8.06. The van der Waals surface area contributed by atoms with Crippen LogP contribution < -0.4 is 14.9 Å². The minimum atomic E-state index is -0.331. The lowest BCUT2D eigenvalue weighted by atomic mass is 10.2. The van der Waals surface area contributed by atoms with Crippen molar-refractivity contribution >= 4 is 51.3 Å². The quantitative estimate of drug-likeness (QED) is 0.272. The molecule has 0 saturated heterocycles. The number of hydrogen-bond donors (Lipinski definition) is 1. The highest BCUT2D eigenvalue weighted by Gasteiger charge is 2.13. The van der Waals surface area contributed by atoms with Gasteiger partial charge in [0.2, 0.25) is 0 Å². The van der Waals surface area contributed by atoms with Gasteiger partial charge in [-0.15, -0.1) is 0 Å². The second-order valence-electron chi connectivity index (χ2n) is 6.36. The Kier molecular flexibility index (Phi) is 8.35. The van der Waals surface area contributed by atoms with Crippen molar-refractivity contribution in [1.29, 1.82) is 0 Å². The van der Waals surface area contributed by atoms with Crippen LogP contribution in [0.2, 0.25) is 10.0 Å². The predicted octanol–water partition coefficient (Wildman–Crippen LogP) is 6.50. The molecule has 5 nitrogen and oxygen atoms in total. The number of carbonyl (C=O) groups excluding carboxylic acids is 1. The van der Waals surface area contributed by atoms with E-state index in [4.69, 9.17) is 32.7 Å². The fourth-order valence-electron chi connectivity index (χ4n) is 2.67. The smallest absolute Gasteiger partial charge is 0.272 e. The normalized spacial score (nSPS) is 10.8. The average molecular weight is 522 g/mol. The molecule has 8 heteroatoms. The first-order chi connectivity index (χ1) is 15.0. The lowest BCUT2D eigenvalue weighted by molar-refractivity contribution is 0.0954. The molecule has 0 fully saturated rings. The third kappa shape index (κ3) is 6.47. The monoisotopic (exact) mass is 520 g/mol. The molecular formula is C23H19BrCl2N2O3. The van der Waals surface area contributed by atoms with Crippen molar-refractivity contribution < 1.29 is 14.3 Å². The Balaban J connectivity index is 1.73. The molecule has 0 aromatic heterocycles. The van der Waals surface area contributed by atoms with E-state index < -0.39 is 0 Å². The van der Waals surface area contributed by atoms with E-state index >= 15 is 0 Å². The molecule has 0 spiro atoms. The van der Waals surface area contributed by atoms with Crippen molar-refractivity contribution in [2.24, 2.45) is 5.10 Å². The van der Waals surface area contributed by atoms with Crippen LogP contribution in [0.1, 0.15) is 28.4 Å². The summed E-state index contributed by atoms with van der Waals surface area (Å²) in [5.74, 6) is 0.596. The van der Waals surface area contributed by atoms with Gasteiger partial charge in [-0.3, -0.25) is 4.79 Å². The summed E-state index contributed by atoms with van der Waals surface area (Å²) in [6.07, 6.45) is 1.49. The zero-order valence-corrected chi connectivity index (χ0v) is 19.7. The number of halogens is 3. The number of nitrogens with zero attached hydrogens (tertiary/aromatic N) is 1. The Morgan fingerprint density at radius 2 is 1.84 bits per heavy atom. The molecule has 3 rings (SSSR count). The maximum Gasteiger partial charge on any atom is 0.272 e. The number of ether oxygens (including phenoxy) is 2. The maximum atomic E-state index is 12.3. The van der Waals surface area contributed by atoms with Crippen molar-refractivity contribution in [3.8, 4) is 11.5 Å². The van der Waals surface area contributed by atoms with Crippen molar-refractivity contribution in [3.05, 3.63) is 91.9 Å². The zero-order chi connectivity index (χ0) is 22.2. The van der Waals surface area contributed by atoms with Crippen LogP contribution in [0, 0.1) is 0 Å². The van der Waals surface area contributed by atoms with Gasteiger partial charge in [0.15, 0.2) is 11.5 Å². The van der Waals surface area contributed by atoms with E-state index in [2.05, 4.69) is 26.5 Å². The van der Waals surface area contributed by atoms with Gasteiger partial charge >= 0.3 is 0 Å². The summed E-state index contributed by atoms with van der Waals surface area (Å²) in [4.78, 5) is 12.3. The largest absolute Gasteiger partial charge is 0.490 e. The van der Waals surface area contributed by atoms with Crippen molar-refractivity contribution in [2.45, 2.75) is 13.5 Å². The van der Waals surface area contributed by atoms with Crippen LogP contribution in [0.25, 0.3) is 0 Å². The SMILES string of the molecule is CCOc1cc(/C=N\NC(=O)c2ccccc2Br)cc(Cl)c1OCc1ccc(Cl)cc1. The van der Waals surface area contributed by atoms with E-state index in [1.54, 1.807) is 42.5 Å². The molecule has 1 amide bonds. The van der Waals surface area contributed by atoms with Crippen LogP contribution in [-0.2, 0) is 6.61 Å². The molecule has 31 heavy (non-hydrogen) atoms. The summed E-state index contributed by atoms with van der Waals surface area (Å²) < 4.78 is 12.3. The number of rotatable bonds is 8. The molecule has 0 atom stereocenters. The molecule has 0 aliphatic rings. The van der Waals surface area contributed by atoms with Crippen LogP contribution in [0.4, 0.5) is 0 Å². The number of amides is 1. The summed E-state index contributed by atoms with van der Waals surface area (Å²) in [5.41, 5.74) is 4.58. The summed E-state index contributed by atoms with van der Waals surface area (Å²) in [5, 5.41) is 5.05. The average Bonchev–Trinajstić information content (AvgIpc) is 2.75. The number of hydrogen-bond acceptors (Lipinski definition) is 4. The van der Waals surface area contributed by atoms with E-state index in [0.717, 1.165) is 5.56 Å². The molecule has 0 saturated carbocycles. The highest BCUT2D eigenvalue weighted by molar-refractivity contribution is 9.10. The van der Waals surface area contributed by atoms with E-state index in [1.807, 2.05) is 25.1 Å². The third-order valence-corrected chi connectivity index (χ3v) is 5.35. The van der Waals surface area contributed by atoms with Crippen LogP contribution in [0.15, 0.2) is 70.2 Å². The fourth-order valence-corrected chi connectivity index (χ4v) is 3.54. The van der Waals surface area contributed by atoms with E-state index in [-0.39, 0.29) is 5.91 Å². The number of nitrogens with one attached hydrogen (secondary N) is 1. The van der Waals surface area contributed by atoms with Gasteiger partial charge in [0.05, 0.1) is 23.4 Å². The molecule has 160 valence electrons. The molecular weight excluding hydrogens is 503 g/mol.